The van der Waals surface area contributed by atoms with E-state index in [4.69, 9.17) is 9.47 Å². The Labute approximate surface area is 155 Å². The summed E-state index contributed by atoms with van der Waals surface area (Å²) in [4.78, 5) is 0. The van der Waals surface area contributed by atoms with Gasteiger partial charge in [0.15, 0.2) is 0 Å². The van der Waals surface area contributed by atoms with Crippen molar-refractivity contribution in [1.29, 1.82) is 0 Å². The first-order valence-corrected chi connectivity index (χ1v) is 9.00. The van der Waals surface area contributed by atoms with Crippen molar-refractivity contribution in [2.75, 3.05) is 25.1 Å². The van der Waals surface area contributed by atoms with E-state index >= 15 is 0 Å². The topological polar surface area (TPSA) is 30.5 Å². The van der Waals surface area contributed by atoms with Gasteiger partial charge in [0.1, 0.15) is 24.7 Å². The number of rotatable bonds is 9. The van der Waals surface area contributed by atoms with Crippen LogP contribution in [0.1, 0.15) is 11.1 Å². The summed E-state index contributed by atoms with van der Waals surface area (Å²) >= 11 is 0. The zero-order chi connectivity index (χ0) is 18.0. The molecule has 0 spiro atoms. The highest BCUT2D eigenvalue weighted by Gasteiger charge is 1.99. The summed E-state index contributed by atoms with van der Waals surface area (Å²) in [5, 5.41) is 3.46. The Hall–Kier alpha value is -2.94. The maximum atomic E-state index is 5.72. The number of aryl methyl sites for hydroxylation is 1. The van der Waals surface area contributed by atoms with Gasteiger partial charge in [-0.15, -0.1) is 0 Å². The fourth-order valence-electron chi connectivity index (χ4n) is 2.74. The fraction of sp³-hybridized carbons (Fsp3) is 0.217. The van der Waals surface area contributed by atoms with Crippen molar-refractivity contribution >= 4 is 5.69 Å². The molecule has 0 radical (unpaired) electrons. The quantitative estimate of drug-likeness (QED) is 0.546. The number of hydrogen-bond donors (Lipinski definition) is 1. The van der Waals surface area contributed by atoms with Gasteiger partial charge in [0.25, 0.3) is 0 Å². The van der Waals surface area contributed by atoms with Crippen LogP contribution in [0.2, 0.25) is 0 Å². The number of hydrogen-bond acceptors (Lipinski definition) is 3. The van der Waals surface area contributed by atoms with Gasteiger partial charge in [-0.05, 0) is 60.9 Å². The second-order valence-corrected chi connectivity index (χ2v) is 6.14. The van der Waals surface area contributed by atoms with Crippen LogP contribution in [0.25, 0.3) is 0 Å². The number of para-hydroxylation sites is 1. The third-order valence-electron chi connectivity index (χ3n) is 4.20. The normalized spacial score (nSPS) is 10.3. The standard InChI is InChI=1S/C23H25NO2/c1-19-7-5-6-8-20(19)15-16-24-21-11-13-23(14-12-21)26-18-17-25-22-9-3-2-4-10-22/h2-14,24H,15-18H2,1H3. The maximum Gasteiger partial charge on any atom is 0.122 e. The Morgan fingerprint density at radius 2 is 1.31 bits per heavy atom. The van der Waals surface area contributed by atoms with Gasteiger partial charge in [-0.2, -0.15) is 0 Å². The summed E-state index contributed by atoms with van der Waals surface area (Å²) in [7, 11) is 0. The number of ether oxygens (including phenoxy) is 2. The van der Waals surface area contributed by atoms with Crippen molar-refractivity contribution in [2.45, 2.75) is 13.3 Å². The molecule has 0 amide bonds. The lowest BCUT2D eigenvalue weighted by Crippen LogP contribution is -2.09. The maximum absolute atomic E-state index is 5.72. The van der Waals surface area contributed by atoms with Gasteiger partial charge in [0, 0.05) is 12.2 Å². The molecule has 0 aliphatic carbocycles. The van der Waals surface area contributed by atoms with E-state index in [1.807, 2.05) is 54.6 Å². The van der Waals surface area contributed by atoms with E-state index in [1.165, 1.54) is 11.1 Å². The van der Waals surface area contributed by atoms with Crippen LogP contribution in [-0.2, 0) is 6.42 Å². The van der Waals surface area contributed by atoms with Crippen LogP contribution in [0.4, 0.5) is 5.69 Å². The van der Waals surface area contributed by atoms with Crippen LogP contribution in [0, 0.1) is 6.92 Å². The first kappa shape index (κ1) is 17.9. The number of benzene rings is 3. The van der Waals surface area contributed by atoms with Gasteiger partial charge >= 0.3 is 0 Å². The highest BCUT2D eigenvalue weighted by atomic mass is 16.5. The molecule has 3 aromatic rings. The molecule has 26 heavy (non-hydrogen) atoms. The molecule has 0 unspecified atom stereocenters. The van der Waals surface area contributed by atoms with E-state index < -0.39 is 0 Å². The predicted molar refractivity (Wildman–Crippen MR) is 107 cm³/mol. The van der Waals surface area contributed by atoms with E-state index in [2.05, 4.69) is 36.5 Å². The molecule has 0 atom stereocenters. The highest BCUT2D eigenvalue weighted by Crippen LogP contribution is 2.16. The summed E-state index contributed by atoms with van der Waals surface area (Å²) in [6, 6.07) is 26.4. The third kappa shape index (κ3) is 5.55. The van der Waals surface area contributed by atoms with E-state index in [0.717, 1.165) is 30.2 Å². The highest BCUT2D eigenvalue weighted by molar-refractivity contribution is 5.46. The van der Waals surface area contributed by atoms with Crippen molar-refractivity contribution in [3.05, 3.63) is 90.0 Å². The van der Waals surface area contributed by atoms with Gasteiger partial charge < -0.3 is 14.8 Å². The third-order valence-corrected chi connectivity index (χ3v) is 4.20. The Morgan fingerprint density at radius 3 is 2.00 bits per heavy atom. The molecule has 3 nitrogen and oxygen atoms in total. The summed E-state index contributed by atoms with van der Waals surface area (Å²) in [5.74, 6) is 1.72. The van der Waals surface area contributed by atoms with E-state index in [-0.39, 0.29) is 0 Å². The molecule has 0 heterocycles. The summed E-state index contributed by atoms with van der Waals surface area (Å²) in [6.07, 6.45) is 1.02. The molecule has 0 bridgehead atoms. The zero-order valence-corrected chi connectivity index (χ0v) is 15.2. The van der Waals surface area contributed by atoms with Crippen LogP contribution in [0.3, 0.4) is 0 Å². The minimum atomic E-state index is 0.523. The lowest BCUT2D eigenvalue weighted by Gasteiger charge is -2.10. The van der Waals surface area contributed by atoms with Crippen LogP contribution < -0.4 is 14.8 Å². The van der Waals surface area contributed by atoms with Crippen LogP contribution in [0.5, 0.6) is 11.5 Å². The van der Waals surface area contributed by atoms with Crippen LogP contribution >= 0.6 is 0 Å². The molecule has 3 rings (SSSR count). The Kier molecular flexibility index (Phi) is 6.54. The number of anilines is 1. The van der Waals surface area contributed by atoms with E-state index in [9.17, 15) is 0 Å². The minimum absolute atomic E-state index is 0.523. The summed E-state index contributed by atoms with van der Waals surface area (Å²) in [5.41, 5.74) is 3.83. The lowest BCUT2D eigenvalue weighted by molar-refractivity contribution is 0.217. The van der Waals surface area contributed by atoms with Gasteiger partial charge in [-0.3, -0.25) is 0 Å². The van der Waals surface area contributed by atoms with Gasteiger partial charge in [0.2, 0.25) is 0 Å². The first-order chi connectivity index (χ1) is 12.8. The molecular formula is C23H25NO2. The molecule has 0 saturated heterocycles. The van der Waals surface area contributed by atoms with E-state index in [1.54, 1.807) is 0 Å². The van der Waals surface area contributed by atoms with E-state index in [0.29, 0.717) is 13.2 Å². The average molecular weight is 347 g/mol. The van der Waals surface area contributed by atoms with Crippen LogP contribution in [0.15, 0.2) is 78.9 Å². The predicted octanol–water partition coefficient (Wildman–Crippen LogP) is 5.11. The van der Waals surface area contributed by atoms with Crippen molar-refractivity contribution in [3.63, 3.8) is 0 Å². The molecule has 0 fully saturated rings. The lowest BCUT2D eigenvalue weighted by atomic mass is 10.1. The second kappa shape index (κ2) is 9.52. The Morgan fingerprint density at radius 1 is 0.692 bits per heavy atom. The molecule has 0 aliphatic rings. The molecule has 1 N–H and O–H groups in total. The summed E-state index contributed by atoms with van der Waals surface area (Å²) < 4.78 is 11.3. The average Bonchev–Trinajstić information content (AvgIpc) is 2.69. The Bertz CT molecular complexity index is 785. The molecule has 3 aromatic carbocycles. The van der Waals surface area contributed by atoms with Crippen molar-refractivity contribution in [3.8, 4) is 11.5 Å². The zero-order valence-electron chi connectivity index (χ0n) is 15.2. The SMILES string of the molecule is Cc1ccccc1CCNc1ccc(OCCOc2ccccc2)cc1. The fourth-order valence-corrected chi connectivity index (χ4v) is 2.74. The van der Waals surface area contributed by atoms with Gasteiger partial charge in [-0.25, -0.2) is 0 Å². The van der Waals surface area contributed by atoms with Crippen molar-refractivity contribution in [1.82, 2.24) is 0 Å². The number of nitrogens with one attached hydrogen (secondary N) is 1. The molecule has 0 aliphatic heterocycles. The smallest absolute Gasteiger partial charge is 0.122 e. The monoisotopic (exact) mass is 347 g/mol. The Balaban J connectivity index is 1.37. The molecule has 0 aromatic heterocycles. The minimum Gasteiger partial charge on any atom is -0.490 e. The van der Waals surface area contributed by atoms with Gasteiger partial charge in [0.05, 0.1) is 0 Å². The second-order valence-electron chi connectivity index (χ2n) is 6.14. The first-order valence-electron chi connectivity index (χ1n) is 9.00. The largest absolute Gasteiger partial charge is 0.490 e. The molecule has 0 saturated carbocycles. The van der Waals surface area contributed by atoms with Crippen LogP contribution in [-0.4, -0.2) is 19.8 Å². The van der Waals surface area contributed by atoms with Crippen molar-refractivity contribution < 1.29 is 9.47 Å². The molecule has 3 heteroatoms. The van der Waals surface area contributed by atoms with Gasteiger partial charge in [-0.1, -0.05) is 42.5 Å². The van der Waals surface area contributed by atoms with Crippen molar-refractivity contribution in [2.24, 2.45) is 0 Å². The summed E-state index contributed by atoms with van der Waals surface area (Å²) in [6.45, 7) is 4.12. The molecular weight excluding hydrogens is 322 g/mol. The molecule has 134 valence electrons.